The van der Waals surface area contributed by atoms with Gasteiger partial charge in [0.2, 0.25) is 5.91 Å². The number of halogens is 1. The van der Waals surface area contributed by atoms with E-state index >= 15 is 0 Å². The first-order valence-corrected chi connectivity index (χ1v) is 14.5. The summed E-state index contributed by atoms with van der Waals surface area (Å²) in [6.45, 7) is 0.823. The lowest BCUT2D eigenvalue weighted by atomic mass is 9.88. The SMILES string of the molecule is CS(=O)(=O)OCC(C(=O)N1CCC(=C2c3ccc(Cl)cc3CCc3cccnc32)CC1)c1ccncc1. The number of amides is 1. The maximum absolute atomic E-state index is 13.6. The molecule has 9 heteroatoms. The quantitative estimate of drug-likeness (QED) is 0.448. The van der Waals surface area contributed by atoms with Gasteiger partial charge >= 0.3 is 0 Å². The van der Waals surface area contributed by atoms with Crippen LogP contribution in [0.1, 0.15) is 46.7 Å². The highest BCUT2D eigenvalue weighted by molar-refractivity contribution is 7.85. The summed E-state index contributed by atoms with van der Waals surface area (Å²) in [5.74, 6) is -0.874. The second-order valence-corrected chi connectivity index (χ2v) is 11.5. The van der Waals surface area contributed by atoms with Crippen LogP contribution >= 0.6 is 11.6 Å². The number of likely N-dealkylation sites (tertiary alicyclic amines) is 1. The fraction of sp³-hybridized carbons (Fsp3) is 0.321. The van der Waals surface area contributed by atoms with Crippen molar-refractivity contribution in [3.05, 3.63) is 99.6 Å². The van der Waals surface area contributed by atoms with Gasteiger partial charge in [-0.3, -0.25) is 18.9 Å². The number of hydrogen-bond acceptors (Lipinski definition) is 6. The Kier molecular flexibility index (Phi) is 7.42. The van der Waals surface area contributed by atoms with E-state index in [4.69, 9.17) is 20.8 Å². The van der Waals surface area contributed by atoms with Crippen molar-refractivity contribution in [2.45, 2.75) is 31.6 Å². The molecule has 37 heavy (non-hydrogen) atoms. The van der Waals surface area contributed by atoms with Crippen LogP contribution in [0.15, 0.2) is 66.6 Å². The van der Waals surface area contributed by atoms with Crippen LogP contribution in [0.5, 0.6) is 0 Å². The average Bonchev–Trinajstić information content (AvgIpc) is 3.05. The molecule has 1 aliphatic heterocycles. The Bertz CT molecular complexity index is 1450. The van der Waals surface area contributed by atoms with E-state index in [1.807, 2.05) is 24.4 Å². The van der Waals surface area contributed by atoms with Gasteiger partial charge in [-0.25, -0.2) is 0 Å². The van der Waals surface area contributed by atoms with Gasteiger partial charge in [0.15, 0.2) is 0 Å². The molecule has 0 bridgehead atoms. The molecular weight excluding hydrogens is 510 g/mol. The first-order valence-electron chi connectivity index (χ1n) is 12.3. The van der Waals surface area contributed by atoms with Crippen molar-refractivity contribution in [1.29, 1.82) is 0 Å². The van der Waals surface area contributed by atoms with E-state index in [0.29, 0.717) is 31.5 Å². The monoisotopic (exact) mass is 537 g/mol. The zero-order valence-corrected chi connectivity index (χ0v) is 22.1. The smallest absolute Gasteiger partial charge is 0.264 e. The Morgan fingerprint density at radius 3 is 2.49 bits per heavy atom. The Hall–Kier alpha value is -3.07. The van der Waals surface area contributed by atoms with Crippen molar-refractivity contribution in [2.24, 2.45) is 0 Å². The number of hydrogen-bond donors (Lipinski definition) is 0. The number of carbonyl (C=O) groups is 1. The lowest BCUT2D eigenvalue weighted by molar-refractivity contribution is -0.133. The zero-order chi connectivity index (χ0) is 26.0. The van der Waals surface area contributed by atoms with Crippen molar-refractivity contribution in [1.82, 2.24) is 14.9 Å². The molecule has 3 aromatic rings. The molecule has 7 nitrogen and oxygen atoms in total. The van der Waals surface area contributed by atoms with E-state index in [2.05, 4.69) is 17.1 Å². The first kappa shape index (κ1) is 25.6. The Morgan fingerprint density at radius 2 is 1.76 bits per heavy atom. The van der Waals surface area contributed by atoms with Crippen molar-refractivity contribution < 1.29 is 17.4 Å². The molecule has 2 aromatic heterocycles. The number of aromatic nitrogens is 2. The summed E-state index contributed by atoms with van der Waals surface area (Å²) in [6, 6.07) is 13.6. The molecule has 1 fully saturated rings. The van der Waals surface area contributed by atoms with Crippen molar-refractivity contribution in [3.63, 3.8) is 0 Å². The summed E-state index contributed by atoms with van der Waals surface area (Å²) in [5, 5.41) is 0.723. The number of nitrogens with zero attached hydrogens (tertiary/aromatic N) is 3. The molecule has 1 amide bonds. The summed E-state index contributed by atoms with van der Waals surface area (Å²) in [7, 11) is -3.69. The fourth-order valence-corrected chi connectivity index (χ4v) is 5.78. The van der Waals surface area contributed by atoms with Crippen LogP contribution in [0.3, 0.4) is 0 Å². The number of rotatable bonds is 5. The highest BCUT2D eigenvalue weighted by atomic mass is 35.5. The van der Waals surface area contributed by atoms with E-state index in [-0.39, 0.29) is 12.5 Å². The van der Waals surface area contributed by atoms with Gasteiger partial charge in [0, 0.05) is 42.3 Å². The Labute approximate surface area is 222 Å². The lowest BCUT2D eigenvalue weighted by Gasteiger charge is -2.33. The molecule has 192 valence electrons. The van der Waals surface area contributed by atoms with Crippen molar-refractivity contribution >= 4 is 33.2 Å². The molecule has 1 saturated heterocycles. The second kappa shape index (κ2) is 10.7. The number of piperidine rings is 1. The minimum Gasteiger partial charge on any atom is -0.341 e. The molecule has 1 unspecified atom stereocenters. The molecule has 5 rings (SSSR count). The maximum atomic E-state index is 13.6. The predicted molar refractivity (Wildman–Crippen MR) is 143 cm³/mol. The molecule has 1 atom stereocenters. The van der Waals surface area contributed by atoms with Gasteiger partial charge in [-0.05, 0) is 78.3 Å². The molecule has 1 aliphatic carbocycles. The molecule has 3 heterocycles. The third-order valence-electron chi connectivity index (χ3n) is 7.02. The van der Waals surface area contributed by atoms with E-state index < -0.39 is 16.0 Å². The molecule has 0 saturated carbocycles. The molecule has 2 aliphatic rings. The third-order valence-corrected chi connectivity index (χ3v) is 7.82. The largest absolute Gasteiger partial charge is 0.341 e. The fourth-order valence-electron chi connectivity index (χ4n) is 5.20. The Balaban J connectivity index is 1.44. The van der Waals surface area contributed by atoms with Crippen LogP contribution in [0.25, 0.3) is 5.57 Å². The lowest BCUT2D eigenvalue weighted by Crippen LogP contribution is -2.41. The summed E-state index contributed by atoms with van der Waals surface area (Å²) in [5.41, 5.74) is 7.69. The molecule has 0 spiro atoms. The normalized spacial score (nSPS) is 16.5. The summed E-state index contributed by atoms with van der Waals surface area (Å²) in [4.78, 5) is 24.2. The van der Waals surface area contributed by atoms with Crippen LogP contribution in [-0.2, 0) is 31.9 Å². The van der Waals surface area contributed by atoms with Gasteiger partial charge < -0.3 is 4.90 Å². The van der Waals surface area contributed by atoms with E-state index in [1.165, 1.54) is 16.7 Å². The third kappa shape index (κ3) is 5.76. The van der Waals surface area contributed by atoms with Crippen molar-refractivity contribution in [3.8, 4) is 0 Å². The highest BCUT2D eigenvalue weighted by Gasteiger charge is 2.31. The van der Waals surface area contributed by atoms with Gasteiger partial charge in [0.1, 0.15) is 0 Å². The number of aryl methyl sites for hydroxylation is 2. The molecule has 0 N–H and O–H groups in total. The van der Waals surface area contributed by atoms with E-state index in [9.17, 15) is 13.2 Å². The van der Waals surface area contributed by atoms with Crippen LogP contribution in [0.4, 0.5) is 0 Å². The van der Waals surface area contributed by atoms with Gasteiger partial charge in [0.25, 0.3) is 10.1 Å². The minimum absolute atomic E-state index is 0.148. The number of pyridine rings is 2. The number of benzene rings is 1. The summed E-state index contributed by atoms with van der Waals surface area (Å²) in [6.07, 6.45) is 9.20. The number of fused-ring (bicyclic) bond motifs is 2. The Morgan fingerprint density at radius 1 is 1.03 bits per heavy atom. The number of carbonyl (C=O) groups excluding carboxylic acids is 1. The van der Waals surface area contributed by atoms with Crippen LogP contribution < -0.4 is 0 Å². The predicted octanol–water partition coefficient (Wildman–Crippen LogP) is 4.41. The molecular formula is C28H28ClN3O4S. The van der Waals surface area contributed by atoms with Crippen LogP contribution in [0.2, 0.25) is 5.02 Å². The highest BCUT2D eigenvalue weighted by Crippen LogP contribution is 2.38. The van der Waals surface area contributed by atoms with Crippen LogP contribution in [-0.4, -0.2) is 55.1 Å². The van der Waals surface area contributed by atoms with Gasteiger partial charge in [-0.2, -0.15) is 8.42 Å². The maximum Gasteiger partial charge on any atom is 0.264 e. The van der Waals surface area contributed by atoms with Gasteiger partial charge in [0.05, 0.1) is 24.5 Å². The average molecular weight is 538 g/mol. The minimum atomic E-state index is -3.69. The zero-order valence-electron chi connectivity index (χ0n) is 20.6. The first-order chi connectivity index (χ1) is 17.8. The topological polar surface area (TPSA) is 89.5 Å². The molecule has 1 aromatic carbocycles. The van der Waals surface area contributed by atoms with Gasteiger partial charge in [-0.1, -0.05) is 29.3 Å². The van der Waals surface area contributed by atoms with Crippen molar-refractivity contribution in [2.75, 3.05) is 26.0 Å². The second-order valence-electron chi connectivity index (χ2n) is 9.44. The summed E-state index contributed by atoms with van der Waals surface area (Å²) >= 11 is 6.34. The standard InChI is InChI=1S/C28H28ClN3O4S/c1-37(34,35)36-18-25(19-8-13-30-14-9-19)28(33)32-15-10-20(11-16-32)26-24-7-6-23(29)17-22(24)5-4-21-3-2-12-31-27(21)26/h2-3,6-9,12-14,17,25H,4-5,10-11,15-16,18H2,1H3. The van der Waals surface area contributed by atoms with Crippen LogP contribution in [0, 0.1) is 0 Å². The van der Waals surface area contributed by atoms with E-state index in [1.54, 1.807) is 29.4 Å². The summed E-state index contributed by atoms with van der Waals surface area (Å²) < 4.78 is 28.4. The molecule has 0 radical (unpaired) electrons. The van der Waals surface area contributed by atoms with Gasteiger partial charge in [-0.15, -0.1) is 0 Å². The van der Waals surface area contributed by atoms with E-state index in [0.717, 1.165) is 41.0 Å².